The van der Waals surface area contributed by atoms with Crippen LogP contribution in [0.3, 0.4) is 0 Å². The second-order valence-corrected chi connectivity index (χ2v) is 5.00. The lowest BCUT2D eigenvalue weighted by molar-refractivity contribution is 0.131. The van der Waals surface area contributed by atoms with Gasteiger partial charge < -0.3 is 10.5 Å². The minimum Gasteiger partial charge on any atom is -0.474 e. The van der Waals surface area contributed by atoms with Crippen molar-refractivity contribution in [2.45, 2.75) is 38.3 Å². The van der Waals surface area contributed by atoms with E-state index < -0.39 is 0 Å². The minimum atomic E-state index is 0.388. The molecule has 3 rings (SSSR count). The summed E-state index contributed by atoms with van der Waals surface area (Å²) in [4.78, 5) is 4.29. The first-order valence-electron chi connectivity index (χ1n) is 6.17. The Balaban J connectivity index is 1.74. The van der Waals surface area contributed by atoms with Crippen molar-refractivity contribution >= 4 is 0 Å². The van der Waals surface area contributed by atoms with Crippen LogP contribution >= 0.6 is 0 Å². The molecule has 0 saturated heterocycles. The first-order chi connectivity index (χ1) is 7.86. The average molecular weight is 218 g/mol. The Morgan fingerprint density at radius 2 is 2.31 bits per heavy atom. The van der Waals surface area contributed by atoms with Gasteiger partial charge in [0.2, 0.25) is 5.88 Å². The van der Waals surface area contributed by atoms with Crippen molar-refractivity contribution in [1.29, 1.82) is 0 Å². The quantitative estimate of drug-likeness (QED) is 0.845. The van der Waals surface area contributed by atoms with E-state index in [9.17, 15) is 0 Å². The molecule has 2 aliphatic carbocycles. The van der Waals surface area contributed by atoms with Gasteiger partial charge in [0.1, 0.15) is 6.10 Å². The van der Waals surface area contributed by atoms with Crippen LogP contribution in [0.25, 0.3) is 0 Å². The molecule has 0 spiro atoms. The average Bonchev–Trinajstić information content (AvgIpc) is 2.92. The van der Waals surface area contributed by atoms with E-state index in [0.717, 1.165) is 23.3 Å². The number of nitrogens with two attached hydrogens (primary N) is 1. The molecule has 2 aliphatic rings. The predicted octanol–water partition coefficient (Wildman–Crippen LogP) is 2.11. The first-order valence-corrected chi connectivity index (χ1v) is 6.17. The lowest BCUT2D eigenvalue weighted by Crippen LogP contribution is -2.24. The molecule has 16 heavy (non-hydrogen) atoms. The first kappa shape index (κ1) is 10.1. The molecule has 0 aromatic carbocycles. The number of hydrogen-bond donors (Lipinski definition) is 1. The molecule has 2 N–H and O–H groups in total. The Labute approximate surface area is 96.0 Å². The van der Waals surface area contributed by atoms with Gasteiger partial charge in [-0.05, 0) is 43.6 Å². The number of nitrogens with zero attached hydrogens (tertiary/aromatic N) is 1. The van der Waals surface area contributed by atoms with Crippen molar-refractivity contribution in [3.05, 3.63) is 23.9 Å². The summed E-state index contributed by atoms with van der Waals surface area (Å²) >= 11 is 0. The van der Waals surface area contributed by atoms with Gasteiger partial charge in [0.25, 0.3) is 0 Å². The van der Waals surface area contributed by atoms with Crippen molar-refractivity contribution in [3.8, 4) is 5.88 Å². The van der Waals surface area contributed by atoms with E-state index in [0.29, 0.717) is 12.6 Å². The summed E-state index contributed by atoms with van der Waals surface area (Å²) in [5.74, 6) is 2.42. The van der Waals surface area contributed by atoms with Crippen molar-refractivity contribution in [1.82, 2.24) is 4.98 Å². The smallest absolute Gasteiger partial charge is 0.218 e. The van der Waals surface area contributed by atoms with Gasteiger partial charge in [0.05, 0.1) is 0 Å². The van der Waals surface area contributed by atoms with Gasteiger partial charge in [-0.15, -0.1) is 0 Å². The normalized spacial score (nSPS) is 31.9. The van der Waals surface area contributed by atoms with E-state index >= 15 is 0 Å². The maximum Gasteiger partial charge on any atom is 0.218 e. The van der Waals surface area contributed by atoms with Crippen LogP contribution in [0.4, 0.5) is 0 Å². The number of rotatable bonds is 3. The molecule has 1 aromatic rings. The standard InChI is InChI=1S/C13H18N2O/c14-8-11-2-1-5-15-13(11)16-12-7-9-3-4-10(12)6-9/h1-2,5,9-10,12H,3-4,6-8,14H2. The van der Waals surface area contributed by atoms with Crippen LogP contribution < -0.4 is 10.5 Å². The fraction of sp³-hybridized carbons (Fsp3) is 0.615. The summed E-state index contributed by atoms with van der Waals surface area (Å²) in [6.45, 7) is 0.504. The van der Waals surface area contributed by atoms with Gasteiger partial charge in [-0.2, -0.15) is 0 Å². The summed E-state index contributed by atoms with van der Waals surface area (Å²) in [7, 11) is 0. The Morgan fingerprint density at radius 3 is 3.00 bits per heavy atom. The van der Waals surface area contributed by atoms with Gasteiger partial charge >= 0.3 is 0 Å². The minimum absolute atomic E-state index is 0.388. The van der Waals surface area contributed by atoms with E-state index in [4.69, 9.17) is 10.5 Å². The molecule has 3 atom stereocenters. The summed E-state index contributed by atoms with van der Waals surface area (Å²) in [6, 6.07) is 3.91. The molecule has 3 unspecified atom stereocenters. The van der Waals surface area contributed by atoms with Crippen LogP contribution in [-0.2, 0) is 6.54 Å². The van der Waals surface area contributed by atoms with Gasteiger partial charge in [0, 0.05) is 18.3 Å². The number of fused-ring (bicyclic) bond motifs is 2. The van der Waals surface area contributed by atoms with Crippen LogP contribution in [0.2, 0.25) is 0 Å². The summed E-state index contributed by atoms with van der Waals surface area (Å²) < 4.78 is 6.04. The van der Waals surface area contributed by atoms with Gasteiger partial charge in [-0.3, -0.25) is 0 Å². The van der Waals surface area contributed by atoms with E-state index in [1.165, 1.54) is 25.7 Å². The van der Waals surface area contributed by atoms with E-state index in [1.54, 1.807) is 6.20 Å². The zero-order valence-corrected chi connectivity index (χ0v) is 9.43. The highest BCUT2D eigenvalue weighted by molar-refractivity contribution is 5.25. The molecule has 3 nitrogen and oxygen atoms in total. The second kappa shape index (κ2) is 4.06. The summed E-state index contributed by atoms with van der Waals surface area (Å²) in [5, 5.41) is 0. The largest absolute Gasteiger partial charge is 0.474 e. The molecule has 2 bridgehead atoms. The molecule has 2 fully saturated rings. The fourth-order valence-electron chi connectivity index (χ4n) is 3.16. The number of pyridine rings is 1. The van der Waals surface area contributed by atoms with Crippen molar-refractivity contribution < 1.29 is 4.74 Å². The Hall–Kier alpha value is -1.09. The molecule has 1 aromatic heterocycles. The van der Waals surface area contributed by atoms with Crippen LogP contribution in [0, 0.1) is 11.8 Å². The van der Waals surface area contributed by atoms with Crippen LogP contribution in [0.5, 0.6) is 5.88 Å². The maximum absolute atomic E-state index is 6.04. The fourth-order valence-corrected chi connectivity index (χ4v) is 3.16. The molecule has 0 aliphatic heterocycles. The molecule has 0 amide bonds. The lowest BCUT2D eigenvalue weighted by atomic mass is 9.98. The third kappa shape index (κ3) is 1.69. The predicted molar refractivity (Wildman–Crippen MR) is 62.0 cm³/mol. The van der Waals surface area contributed by atoms with Crippen molar-refractivity contribution in [2.75, 3.05) is 0 Å². The van der Waals surface area contributed by atoms with Gasteiger partial charge in [-0.25, -0.2) is 4.98 Å². The number of ether oxygens (including phenoxy) is 1. The van der Waals surface area contributed by atoms with Crippen LogP contribution in [-0.4, -0.2) is 11.1 Å². The monoisotopic (exact) mass is 218 g/mol. The molecular formula is C13H18N2O. The Morgan fingerprint density at radius 1 is 1.38 bits per heavy atom. The van der Waals surface area contributed by atoms with E-state index in [1.807, 2.05) is 12.1 Å². The molecular weight excluding hydrogens is 200 g/mol. The van der Waals surface area contributed by atoms with Crippen LogP contribution in [0.1, 0.15) is 31.2 Å². The summed E-state index contributed by atoms with van der Waals surface area (Å²) in [5.41, 5.74) is 6.70. The SMILES string of the molecule is NCc1cccnc1OC1CC2CCC1C2. The number of aromatic nitrogens is 1. The zero-order chi connectivity index (χ0) is 11.0. The number of hydrogen-bond acceptors (Lipinski definition) is 3. The molecule has 0 radical (unpaired) electrons. The van der Waals surface area contributed by atoms with E-state index in [-0.39, 0.29) is 0 Å². The topological polar surface area (TPSA) is 48.1 Å². The van der Waals surface area contributed by atoms with Crippen molar-refractivity contribution in [3.63, 3.8) is 0 Å². The highest BCUT2D eigenvalue weighted by Crippen LogP contribution is 2.45. The lowest BCUT2D eigenvalue weighted by Gasteiger charge is -2.23. The van der Waals surface area contributed by atoms with E-state index in [2.05, 4.69) is 4.98 Å². The molecule has 2 saturated carbocycles. The zero-order valence-electron chi connectivity index (χ0n) is 9.43. The van der Waals surface area contributed by atoms with Gasteiger partial charge in [0.15, 0.2) is 0 Å². The van der Waals surface area contributed by atoms with Crippen molar-refractivity contribution in [2.24, 2.45) is 17.6 Å². The third-order valence-corrected chi connectivity index (χ3v) is 4.01. The maximum atomic E-state index is 6.04. The second-order valence-electron chi connectivity index (χ2n) is 5.00. The Bertz CT molecular complexity index is 380. The molecule has 1 heterocycles. The van der Waals surface area contributed by atoms with Crippen LogP contribution in [0.15, 0.2) is 18.3 Å². The highest BCUT2D eigenvalue weighted by atomic mass is 16.5. The molecule has 3 heteroatoms. The molecule has 86 valence electrons. The summed E-state index contributed by atoms with van der Waals surface area (Å²) in [6.07, 6.45) is 7.47. The van der Waals surface area contributed by atoms with Gasteiger partial charge in [-0.1, -0.05) is 6.07 Å². The highest BCUT2D eigenvalue weighted by Gasteiger charge is 2.41. The Kier molecular flexibility index (Phi) is 2.56. The third-order valence-electron chi connectivity index (χ3n) is 4.01.